The van der Waals surface area contributed by atoms with Crippen molar-refractivity contribution in [3.05, 3.63) is 44.7 Å². The van der Waals surface area contributed by atoms with Crippen LogP contribution in [-0.2, 0) is 0 Å². The van der Waals surface area contributed by atoms with Crippen LogP contribution < -0.4 is 5.32 Å². The third-order valence-electron chi connectivity index (χ3n) is 2.93. The van der Waals surface area contributed by atoms with Crippen molar-refractivity contribution in [2.75, 3.05) is 7.05 Å². The molecule has 2 rings (SSSR count). The number of benzene rings is 1. The molecule has 1 aromatic heterocycles. The Balaban J connectivity index is 2.31. The number of rotatable bonds is 4. The van der Waals surface area contributed by atoms with Gasteiger partial charge in [-0.2, -0.15) is 0 Å². The van der Waals surface area contributed by atoms with E-state index in [-0.39, 0.29) is 0 Å². The molecule has 0 spiro atoms. The topological polar surface area (TPSA) is 12.0 Å². The van der Waals surface area contributed by atoms with Gasteiger partial charge in [-0.3, -0.25) is 0 Å². The molecular weight excluding hydrogens is 330 g/mol. The highest BCUT2D eigenvalue weighted by atomic mass is 79.9. The monoisotopic (exact) mass is 343 g/mol. The van der Waals surface area contributed by atoms with Gasteiger partial charge in [0.15, 0.2) is 0 Å². The van der Waals surface area contributed by atoms with Gasteiger partial charge in [-0.25, -0.2) is 0 Å². The van der Waals surface area contributed by atoms with E-state index in [1.54, 1.807) is 0 Å². The van der Waals surface area contributed by atoms with Crippen LogP contribution in [0, 0.1) is 0 Å². The maximum absolute atomic E-state index is 6.02. The van der Waals surface area contributed by atoms with Crippen LogP contribution in [0.1, 0.15) is 24.3 Å². The van der Waals surface area contributed by atoms with Crippen LogP contribution >= 0.6 is 38.9 Å². The fourth-order valence-electron chi connectivity index (χ4n) is 1.89. The second-order valence-electron chi connectivity index (χ2n) is 4.08. The summed E-state index contributed by atoms with van der Waals surface area (Å²) in [4.78, 5) is 2.65. The van der Waals surface area contributed by atoms with E-state index in [4.69, 9.17) is 11.6 Å². The van der Waals surface area contributed by atoms with E-state index in [2.05, 4.69) is 52.4 Å². The molecule has 0 saturated carbocycles. The Morgan fingerprint density at radius 1 is 1.33 bits per heavy atom. The number of hydrogen-bond donors (Lipinski definition) is 1. The lowest BCUT2D eigenvalue weighted by atomic mass is 10.1. The average Bonchev–Trinajstić information content (AvgIpc) is 2.84. The van der Waals surface area contributed by atoms with Gasteiger partial charge in [0.25, 0.3) is 0 Å². The van der Waals surface area contributed by atoms with E-state index < -0.39 is 0 Å². The maximum Gasteiger partial charge on any atom is 0.0548 e. The lowest BCUT2D eigenvalue weighted by Gasteiger charge is -2.10. The normalized spacial score (nSPS) is 12.7. The first-order valence-electron chi connectivity index (χ1n) is 5.88. The largest absolute Gasteiger partial charge is 0.312 e. The number of thiophene rings is 1. The van der Waals surface area contributed by atoms with Gasteiger partial charge in [0.2, 0.25) is 0 Å². The summed E-state index contributed by atoms with van der Waals surface area (Å²) in [5.74, 6) is 0. The summed E-state index contributed by atoms with van der Waals surface area (Å²) in [6, 6.07) is 10.9. The Kier molecular flexibility index (Phi) is 4.84. The highest BCUT2D eigenvalue weighted by molar-refractivity contribution is 9.10. The van der Waals surface area contributed by atoms with Crippen molar-refractivity contribution in [1.29, 1.82) is 0 Å². The van der Waals surface area contributed by atoms with Crippen LogP contribution in [0.25, 0.3) is 10.4 Å². The molecule has 0 aliphatic heterocycles. The molecule has 0 radical (unpaired) electrons. The molecule has 18 heavy (non-hydrogen) atoms. The van der Waals surface area contributed by atoms with Crippen LogP contribution in [-0.4, -0.2) is 7.05 Å². The summed E-state index contributed by atoms with van der Waals surface area (Å²) in [6.07, 6.45) is 1.10. The molecule has 1 unspecified atom stereocenters. The molecule has 1 N–H and O–H groups in total. The van der Waals surface area contributed by atoms with E-state index >= 15 is 0 Å². The van der Waals surface area contributed by atoms with Crippen LogP contribution in [0.2, 0.25) is 5.02 Å². The minimum Gasteiger partial charge on any atom is -0.312 e. The summed E-state index contributed by atoms with van der Waals surface area (Å²) < 4.78 is 0.942. The van der Waals surface area contributed by atoms with E-state index in [1.807, 2.05) is 24.5 Å². The molecule has 4 heteroatoms. The van der Waals surface area contributed by atoms with Crippen molar-refractivity contribution < 1.29 is 0 Å². The zero-order valence-corrected chi connectivity index (χ0v) is 13.5. The molecule has 0 saturated heterocycles. The molecule has 0 aliphatic rings. The summed E-state index contributed by atoms with van der Waals surface area (Å²) in [6.45, 7) is 2.19. The van der Waals surface area contributed by atoms with Crippen LogP contribution in [0.3, 0.4) is 0 Å². The SMILES string of the molecule is CCC(NC)c1ccc(-c2ccc(Cl)c(Br)c2)s1. The van der Waals surface area contributed by atoms with Gasteiger partial charge in [-0.05, 0) is 59.2 Å². The number of nitrogens with one attached hydrogen (secondary N) is 1. The molecule has 96 valence electrons. The molecule has 0 aliphatic carbocycles. The summed E-state index contributed by atoms with van der Waals surface area (Å²) >= 11 is 11.3. The minimum atomic E-state index is 0.444. The molecule has 0 fully saturated rings. The van der Waals surface area contributed by atoms with Gasteiger partial charge in [-0.1, -0.05) is 24.6 Å². The highest BCUT2D eigenvalue weighted by Crippen LogP contribution is 2.35. The summed E-state index contributed by atoms with van der Waals surface area (Å²) in [5.41, 5.74) is 1.20. The van der Waals surface area contributed by atoms with Crippen LogP contribution in [0.5, 0.6) is 0 Å². The fourth-order valence-corrected chi connectivity index (χ4v) is 3.59. The minimum absolute atomic E-state index is 0.444. The lowest BCUT2D eigenvalue weighted by molar-refractivity contribution is 0.586. The predicted octanol–water partition coefficient (Wildman–Crippen LogP) is 5.50. The van der Waals surface area contributed by atoms with Crippen molar-refractivity contribution in [1.82, 2.24) is 5.32 Å². The van der Waals surface area contributed by atoms with Gasteiger partial charge in [0.1, 0.15) is 0 Å². The van der Waals surface area contributed by atoms with Crippen molar-refractivity contribution >= 4 is 38.9 Å². The standard InChI is InChI=1S/C14H15BrClNS/c1-3-12(17-2)14-7-6-13(18-14)9-4-5-11(16)10(15)8-9/h4-8,12,17H,3H2,1-2H3. The second kappa shape index (κ2) is 6.20. The van der Waals surface area contributed by atoms with Gasteiger partial charge >= 0.3 is 0 Å². The quantitative estimate of drug-likeness (QED) is 0.772. The first kappa shape index (κ1) is 14.1. The third kappa shape index (κ3) is 2.97. The van der Waals surface area contributed by atoms with Crippen molar-refractivity contribution in [2.45, 2.75) is 19.4 Å². The van der Waals surface area contributed by atoms with Gasteiger partial charge in [-0.15, -0.1) is 11.3 Å². The van der Waals surface area contributed by atoms with E-state index in [1.165, 1.54) is 15.3 Å². The average molecular weight is 345 g/mol. The molecule has 1 nitrogen and oxygen atoms in total. The van der Waals surface area contributed by atoms with Gasteiger partial charge in [0, 0.05) is 20.3 Å². The number of hydrogen-bond acceptors (Lipinski definition) is 2. The first-order chi connectivity index (χ1) is 8.65. The summed E-state index contributed by atoms with van der Waals surface area (Å²) in [5, 5.41) is 4.08. The zero-order chi connectivity index (χ0) is 13.1. The lowest BCUT2D eigenvalue weighted by Crippen LogP contribution is -2.13. The summed E-state index contributed by atoms with van der Waals surface area (Å²) in [7, 11) is 2.01. The fraction of sp³-hybridized carbons (Fsp3) is 0.286. The van der Waals surface area contributed by atoms with Crippen molar-refractivity contribution in [3.63, 3.8) is 0 Å². The van der Waals surface area contributed by atoms with E-state index in [0.29, 0.717) is 6.04 Å². The van der Waals surface area contributed by atoms with Crippen molar-refractivity contribution in [3.8, 4) is 10.4 Å². The molecule has 1 atom stereocenters. The predicted molar refractivity (Wildman–Crippen MR) is 84.6 cm³/mol. The Hall–Kier alpha value is -0.350. The van der Waals surface area contributed by atoms with Gasteiger partial charge in [0.05, 0.1) is 5.02 Å². The Morgan fingerprint density at radius 2 is 2.11 bits per heavy atom. The van der Waals surface area contributed by atoms with Crippen LogP contribution in [0.15, 0.2) is 34.8 Å². The Bertz CT molecular complexity index is 534. The van der Waals surface area contributed by atoms with Crippen LogP contribution in [0.4, 0.5) is 0 Å². The smallest absolute Gasteiger partial charge is 0.0548 e. The molecular formula is C14H15BrClNS. The maximum atomic E-state index is 6.02. The van der Waals surface area contributed by atoms with E-state index in [9.17, 15) is 0 Å². The third-order valence-corrected chi connectivity index (χ3v) is 5.39. The molecule has 1 aromatic carbocycles. The first-order valence-corrected chi connectivity index (χ1v) is 7.87. The molecule has 0 amide bonds. The second-order valence-corrected chi connectivity index (χ2v) is 6.46. The number of halogens is 2. The van der Waals surface area contributed by atoms with Gasteiger partial charge < -0.3 is 5.32 Å². The molecule has 1 heterocycles. The zero-order valence-electron chi connectivity index (χ0n) is 10.3. The highest BCUT2D eigenvalue weighted by Gasteiger charge is 2.11. The van der Waals surface area contributed by atoms with E-state index in [0.717, 1.165) is 15.9 Å². The Morgan fingerprint density at radius 3 is 2.72 bits per heavy atom. The molecule has 0 bridgehead atoms. The Labute approximate surface area is 125 Å². The van der Waals surface area contributed by atoms with Crippen molar-refractivity contribution in [2.24, 2.45) is 0 Å². The molecule has 2 aromatic rings.